The number of carbonyl (C=O) groups excluding carboxylic acids is 1. The highest BCUT2D eigenvalue weighted by molar-refractivity contribution is 5.56. The number of carbonyl (C=O) groups is 1. The Bertz CT molecular complexity index is 323. The van der Waals surface area contributed by atoms with E-state index in [2.05, 4.69) is 0 Å². The molecule has 1 saturated heterocycles. The van der Waals surface area contributed by atoms with Crippen LogP contribution < -0.4 is 0 Å². The molecule has 15 heavy (non-hydrogen) atoms. The predicted molar refractivity (Wildman–Crippen MR) is 55.5 cm³/mol. The van der Waals surface area contributed by atoms with Crippen LogP contribution in [0, 0.1) is 0 Å². The predicted octanol–water partition coefficient (Wildman–Crippen LogP) is 1.73. The summed E-state index contributed by atoms with van der Waals surface area (Å²) in [5.74, 6) is 0. The lowest BCUT2D eigenvalue weighted by Crippen LogP contribution is -2.15. The van der Waals surface area contributed by atoms with Gasteiger partial charge in [0.25, 0.3) is 0 Å². The van der Waals surface area contributed by atoms with E-state index in [0.29, 0.717) is 6.42 Å². The Morgan fingerprint density at radius 1 is 1.40 bits per heavy atom. The molecule has 3 atom stereocenters. The minimum Gasteiger partial charge on any atom is -0.378 e. The van der Waals surface area contributed by atoms with Gasteiger partial charge in [-0.3, -0.25) is 0 Å². The van der Waals surface area contributed by atoms with Gasteiger partial charge < -0.3 is 14.3 Å². The van der Waals surface area contributed by atoms with Crippen LogP contribution in [0.1, 0.15) is 18.1 Å². The lowest BCUT2D eigenvalue weighted by molar-refractivity contribution is -0.117. The van der Waals surface area contributed by atoms with Gasteiger partial charge in [-0.05, 0) is 5.56 Å². The Morgan fingerprint density at radius 3 is 2.73 bits per heavy atom. The molecule has 3 heteroatoms. The van der Waals surface area contributed by atoms with Crippen molar-refractivity contribution < 1.29 is 14.3 Å². The fourth-order valence-corrected chi connectivity index (χ4v) is 1.93. The lowest BCUT2D eigenvalue weighted by atomic mass is 10.0. The normalized spacial score (nSPS) is 30.3. The monoisotopic (exact) mass is 206 g/mol. The van der Waals surface area contributed by atoms with Crippen molar-refractivity contribution in [2.24, 2.45) is 0 Å². The molecule has 0 bridgehead atoms. The first-order valence-corrected chi connectivity index (χ1v) is 5.03. The zero-order valence-corrected chi connectivity index (χ0v) is 8.63. The van der Waals surface area contributed by atoms with Gasteiger partial charge in [-0.2, -0.15) is 0 Å². The van der Waals surface area contributed by atoms with Gasteiger partial charge in [-0.25, -0.2) is 0 Å². The maximum Gasteiger partial charge on any atom is 0.148 e. The van der Waals surface area contributed by atoms with E-state index in [0.717, 1.165) is 11.8 Å². The smallest absolute Gasteiger partial charge is 0.148 e. The molecular weight excluding hydrogens is 192 g/mol. The number of hydrogen-bond acceptors (Lipinski definition) is 3. The highest BCUT2D eigenvalue weighted by Crippen LogP contribution is 2.33. The molecule has 0 amide bonds. The van der Waals surface area contributed by atoms with E-state index in [1.165, 1.54) is 0 Å². The summed E-state index contributed by atoms with van der Waals surface area (Å²) >= 11 is 0. The molecule has 0 unspecified atom stereocenters. The van der Waals surface area contributed by atoms with Crippen molar-refractivity contribution in [1.82, 2.24) is 0 Å². The minimum atomic E-state index is -0.333. The van der Waals surface area contributed by atoms with Crippen molar-refractivity contribution in [2.45, 2.75) is 24.7 Å². The summed E-state index contributed by atoms with van der Waals surface area (Å²) in [5, 5.41) is 0. The Kier molecular flexibility index (Phi) is 3.14. The second-order valence-corrected chi connectivity index (χ2v) is 3.65. The van der Waals surface area contributed by atoms with Crippen LogP contribution in [0.15, 0.2) is 30.3 Å². The quantitative estimate of drug-likeness (QED) is 0.706. The molecule has 0 aliphatic carbocycles. The van der Waals surface area contributed by atoms with Gasteiger partial charge in [-0.15, -0.1) is 0 Å². The number of benzene rings is 1. The van der Waals surface area contributed by atoms with Crippen LogP contribution in [0.5, 0.6) is 0 Å². The number of methoxy groups -OCH3 is 1. The maximum absolute atomic E-state index is 10.7. The van der Waals surface area contributed by atoms with Crippen LogP contribution in [-0.4, -0.2) is 25.6 Å². The SMILES string of the molecule is CO[C@@H]1C[C@@H](C=O)O[C@H]1c1ccccc1. The Hall–Kier alpha value is -1.19. The summed E-state index contributed by atoms with van der Waals surface area (Å²) in [7, 11) is 1.65. The third-order valence-corrected chi connectivity index (χ3v) is 2.71. The molecule has 0 radical (unpaired) electrons. The van der Waals surface area contributed by atoms with Crippen LogP contribution in [0.3, 0.4) is 0 Å². The molecule has 1 heterocycles. The zero-order chi connectivity index (χ0) is 10.7. The summed E-state index contributed by atoms with van der Waals surface area (Å²) < 4.78 is 10.9. The number of rotatable bonds is 3. The minimum absolute atomic E-state index is 0.0254. The summed E-state index contributed by atoms with van der Waals surface area (Å²) in [6.07, 6.45) is 1.00. The molecule has 0 aromatic heterocycles. The molecule has 1 aliphatic heterocycles. The Morgan fingerprint density at radius 2 is 2.13 bits per heavy atom. The average molecular weight is 206 g/mol. The molecule has 80 valence electrons. The molecule has 0 saturated carbocycles. The topological polar surface area (TPSA) is 35.5 Å². The van der Waals surface area contributed by atoms with Crippen molar-refractivity contribution in [1.29, 1.82) is 0 Å². The molecule has 1 aliphatic rings. The van der Waals surface area contributed by atoms with E-state index in [1.807, 2.05) is 30.3 Å². The molecule has 0 N–H and O–H groups in total. The van der Waals surface area contributed by atoms with Crippen LogP contribution in [0.4, 0.5) is 0 Å². The molecule has 2 rings (SSSR count). The standard InChI is InChI=1S/C12H14O3/c1-14-11-7-10(8-13)15-12(11)9-5-3-2-4-6-9/h2-6,8,10-12H,7H2,1H3/t10-,11+,12-/m0/s1. The highest BCUT2D eigenvalue weighted by Gasteiger charge is 2.35. The Labute approximate surface area is 89.0 Å². The first-order chi connectivity index (χ1) is 7.35. The average Bonchev–Trinajstić information content (AvgIpc) is 2.73. The van der Waals surface area contributed by atoms with Gasteiger partial charge in [0.1, 0.15) is 18.5 Å². The van der Waals surface area contributed by atoms with Gasteiger partial charge in [0.05, 0.1) is 6.10 Å². The zero-order valence-electron chi connectivity index (χ0n) is 8.63. The highest BCUT2D eigenvalue weighted by atomic mass is 16.6. The third-order valence-electron chi connectivity index (χ3n) is 2.71. The lowest BCUT2D eigenvalue weighted by Gasteiger charge is -2.16. The first-order valence-electron chi connectivity index (χ1n) is 5.03. The second-order valence-electron chi connectivity index (χ2n) is 3.65. The number of aldehydes is 1. The maximum atomic E-state index is 10.7. The van der Waals surface area contributed by atoms with Gasteiger partial charge in [0, 0.05) is 13.5 Å². The molecule has 1 aromatic carbocycles. The van der Waals surface area contributed by atoms with E-state index < -0.39 is 0 Å². The van der Waals surface area contributed by atoms with E-state index in [4.69, 9.17) is 9.47 Å². The van der Waals surface area contributed by atoms with Crippen molar-refractivity contribution in [3.05, 3.63) is 35.9 Å². The van der Waals surface area contributed by atoms with Crippen molar-refractivity contribution >= 4 is 6.29 Å². The summed E-state index contributed by atoms with van der Waals surface area (Å²) in [6.45, 7) is 0. The van der Waals surface area contributed by atoms with Gasteiger partial charge in [0.15, 0.2) is 0 Å². The molecule has 3 nitrogen and oxygen atoms in total. The molecule has 0 spiro atoms. The Balaban J connectivity index is 2.18. The largest absolute Gasteiger partial charge is 0.378 e. The van der Waals surface area contributed by atoms with Crippen LogP contribution >= 0.6 is 0 Å². The van der Waals surface area contributed by atoms with E-state index in [1.54, 1.807) is 7.11 Å². The van der Waals surface area contributed by atoms with E-state index in [9.17, 15) is 4.79 Å². The number of hydrogen-bond donors (Lipinski definition) is 0. The number of ether oxygens (including phenoxy) is 2. The first kappa shape index (κ1) is 10.3. The summed E-state index contributed by atoms with van der Waals surface area (Å²) in [6, 6.07) is 9.85. The van der Waals surface area contributed by atoms with E-state index >= 15 is 0 Å². The van der Waals surface area contributed by atoms with Crippen LogP contribution in [0.25, 0.3) is 0 Å². The second kappa shape index (κ2) is 4.55. The molecular formula is C12H14O3. The fourth-order valence-electron chi connectivity index (χ4n) is 1.93. The van der Waals surface area contributed by atoms with Crippen molar-refractivity contribution in [2.75, 3.05) is 7.11 Å². The molecule has 1 aromatic rings. The van der Waals surface area contributed by atoms with Crippen LogP contribution in [-0.2, 0) is 14.3 Å². The fraction of sp³-hybridized carbons (Fsp3) is 0.417. The third kappa shape index (κ3) is 2.08. The van der Waals surface area contributed by atoms with E-state index in [-0.39, 0.29) is 18.3 Å². The van der Waals surface area contributed by atoms with Crippen molar-refractivity contribution in [3.8, 4) is 0 Å². The summed E-state index contributed by atoms with van der Waals surface area (Å²) in [4.78, 5) is 10.7. The van der Waals surface area contributed by atoms with Gasteiger partial charge >= 0.3 is 0 Å². The van der Waals surface area contributed by atoms with Crippen molar-refractivity contribution in [3.63, 3.8) is 0 Å². The molecule has 1 fully saturated rings. The van der Waals surface area contributed by atoms with Gasteiger partial charge in [-0.1, -0.05) is 30.3 Å². The summed E-state index contributed by atoms with van der Waals surface area (Å²) in [5.41, 5.74) is 1.06. The van der Waals surface area contributed by atoms with Crippen LogP contribution in [0.2, 0.25) is 0 Å². The van der Waals surface area contributed by atoms with Gasteiger partial charge in [0.2, 0.25) is 0 Å².